The van der Waals surface area contributed by atoms with Gasteiger partial charge in [0.2, 0.25) is 0 Å². The number of pyridine rings is 1. The summed E-state index contributed by atoms with van der Waals surface area (Å²) in [5.41, 5.74) is 0.529. The fourth-order valence-electron chi connectivity index (χ4n) is 2.72. The third-order valence-electron chi connectivity index (χ3n) is 3.90. The first-order valence-corrected chi connectivity index (χ1v) is 6.63. The molecule has 20 heavy (non-hydrogen) atoms. The molecule has 0 amide bonds. The maximum absolute atomic E-state index is 12.6. The zero-order chi connectivity index (χ0) is 14.4. The number of carbonyl (C=O) groups is 1. The second kappa shape index (κ2) is 4.37. The summed E-state index contributed by atoms with van der Waals surface area (Å²) in [6.07, 6.45) is 2.08. The van der Waals surface area contributed by atoms with E-state index in [-0.39, 0.29) is 11.1 Å². The first kappa shape index (κ1) is 12.7. The van der Waals surface area contributed by atoms with Gasteiger partial charge in [-0.3, -0.25) is 4.79 Å². The molecular weight excluding hydrogens is 256 g/mol. The smallest absolute Gasteiger partial charge is 0.338 e. The molecule has 3 rings (SSSR count). The van der Waals surface area contributed by atoms with Gasteiger partial charge in [0.1, 0.15) is 0 Å². The van der Waals surface area contributed by atoms with Crippen molar-refractivity contribution >= 4 is 16.7 Å². The van der Waals surface area contributed by atoms with Crippen LogP contribution in [0.5, 0.6) is 0 Å². The number of fused-ring (bicyclic) bond motifs is 1. The first-order valence-electron chi connectivity index (χ1n) is 6.63. The van der Waals surface area contributed by atoms with E-state index in [2.05, 4.69) is 0 Å². The largest absolute Gasteiger partial charge is 0.478 e. The minimum absolute atomic E-state index is 0.155. The van der Waals surface area contributed by atoms with Crippen molar-refractivity contribution < 1.29 is 9.90 Å². The molecule has 1 aromatic carbocycles. The van der Waals surface area contributed by atoms with E-state index in [4.69, 9.17) is 0 Å². The summed E-state index contributed by atoms with van der Waals surface area (Å²) in [7, 11) is 1.84. The molecule has 1 N–H and O–H groups in total. The Kier molecular flexibility index (Phi) is 2.78. The number of rotatable bonds is 3. The molecule has 0 spiro atoms. The fraction of sp³-hybridized carbons (Fsp3) is 0.333. The molecule has 1 aromatic heterocycles. The number of carboxylic acids is 1. The lowest BCUT2D eigenvalue weighted by Gasteiger charge is -2.25. The number of aromatic carboxylic acids is 1. The third-order valence-corrected chi connectivity index (χ3v) is 3.90. The Labute approximate surface area is 116 Å². The van der Waals surface area contributed by atoms with E-state index < -0.39 is 5.97 Å². The van der Waals surface area contributed by atoms with Crippen molar-refractivity contribution in [3.8, 4) is 0 Å². The van der Waals surface area contributed by atoms with E-state index in [1.165, 1.54) is 4.68 Å². The summed E-state index contributed by atoms with van der Waals surface area (Å²) in [5.74, 6) is -1.00. The Morgan fingerprint density at radius 1 is 1.30 bits per heavy atom. The molecule has 5 heteroatoms. The highest BCUT2D eigenvalue weighted by molar-refractivity contribution is 6.04. The van der Waals surface area contributed by atoms with E-state index in [1.54, 1.807) is 31.2 Å². The predicted octanol–water partition coefficient (Wildman–Crippen LogP) is 1.74. The number of benzene rings is 1. The van der Waals surface area contributed by atoms with Gasteiger partial charge in [-0.1, -0.05) is 18.2 Å². The molecule has 0 bridgehead atoms. The second-order valence-electron chi connectivity index (χ2n) is 5.23. The van der Waals surface area contributed by atoms with E-state index in [9.17, 15) is 14.7 Å². The van der Waals surface area contributed by atoms with E-state index in [0.717, 1.165) is 12.8 Å². The van der Waals surface area contributed by atoms with Crippen LogP contribution in [0.3, 0.4) is 0 Å². The summed E-state index contributed by atoms with van der Waals surface area (Å²) in [6.45, 7) is 1.69. The third kappa shape index (κ3) is 1.78. The lowest BCUT2D eigenvalue weighted by atomic mass is 10.0. The van der Waals surface area contributed by atoms with Crippen LogP contribution < -0.4 is 10.6 Å². The van der Waals surface area contributed by atoms with Gasteiger partial charge in [0, 0.05) is 23.9 Å². The van der Waals surface area contributed by atoms with Gasteiger partial charge in [-0.2, -0.15) is 0 Å². The Morgan fingerprint density at radius 3 is 2.45 bits per heavy atom. The molecule has 0 aliphatic heterocycles. The Balaban J connectivity index is 2.40. The van der Waals surface area contributed by atoms with Crippen molar-refractivity contribution in [1.29, 1.82) is 0 Å². The Bertz CT molecular complexity index is 760. The second-order valence-corrected chi connectivity index (χ2v) is 5.23. The van der Waals surface area contributed by atoms with Crippen molar-refractivity contribution in [3.05, 3.63) is 45.9 Å². The zero-order valence-electron chi connectivity index (χ0n) is 11.5. The summed E-state index contributed by atoms with van der Waals surface area (Å²) >= 11 is 0. The molecule has 0 atom stereocenters. The number of aromatic nitrogens is 1. The standard InChI is InChI=1S/C15H16N2O3/c1-9-13(15(19)20)11-5-3-4-6-12(11)14(18)17(9)16(2)10-7-8-10/h3-6,10H,7-8H2,1-2H3,(H,19,20). The minimum atomic E-state index is -1.00. The molecule has 1 saturated carbocycles. The van der Waals surface area contributed by atoms with Crippen LogP contribution in [0, 0.1) is 6.92 Å². The molecule has 1 fully saturated rings. The molecule has 104 valence electrons. The van der Waals surface area contributed by atoms with Crippen molar-refractivity contribution in [2.75, 3.05) is 12.1 Å². The van der Waals surface area contributed by atoms with Gasteiger partial charge in [0.05, 0.1) is 11.3 Å². The van der Waals surface area contributed by atoms with Gasteiger partial charge >= 0.3 is 5.97 Å². The van der Waals surface area contributed by atoms with E-state index >= 15 is 0 Å². The molecule has 0 unspecified atom stereocenters. The molecule has 1 aliphatic rings. The summed E-state index contributed by atoms with van der Waals surface area (Å²) in [4.78, 5) is 24.2. The number of hydrogen-bond acceptors (Lipinski definition) is 3. The van der Waals surface area contributed by atoms with Gasteiger partial charge in [-0.05, 0) is 25.8 Å². The number of carboxylic acid groups (broad SMARTS) is 1. The highest BCUT2D eigenvalue weighted by Gasteiger charge is 2.30. The fourth-order valence-corrected chi connectivity index (χ4v) is 2.72. The quantitative estimate of drug-likeness (QED) is 0.924. The molecule has 1 heterocycles. The van der Waals surface area contributed by atoms with E-state index in [0.29, 0.717) is 22.5 Å². The summed E-state index contributed by atoms with van der Waals surface area (Å²) < 4.78 is 1.50. The Hall–Kier alpha value is -2.30. The maximum Gasteiger partial charge on any atom is 0.338 e. The van der Waals surface area contributed by atoms with Gasteiger partial charge in [-0.25, -0.2) is 9.47 Å². The number of hydrogen-bond donors (Lipinski definition) is 1. The van der Waals surface area contributed by atoms with Crippen LogP contribution in [-0.4, -0.2) is 28.8 Å². The van der Waals surface area contributed by atoms with Crippen molar-refractivity contribution in [2.24, 2.45) is 0 Å². The average molecular weight is 272 g/mol. The number of nitrogens with zero attached hydrogens (tertiary/aromatic N) is 2. The molecular formula is C15H16N2O3. The Morgan fingerprint density at radius 2 is 1.90 bits per heavy atom. The van der Waals surface area contributed by atoms with Crippen molar-refractivity contribution in [2.45, 2.75) is 25.8 Å². The van der Waals surface area contributed by atoms with Crippen LogP contribution in [0.1, 0.15) is 28.9 Å². The van der Waals surface area contributed by atoms with Crippen molar-refractivity contribution in [3.63, 3.8) is 0 Å². The van der Waals surface area contributed by atoms with Gasteiger partial charge in [0.25, 0.3) is 5.56 Å². The molecule has 0 radical (unpaired) electrons. The zero-order valence-corrected chi connectivity index (χ0v) is 11.5. The van der Waals surface area contributed by atoms with Crippen LogP contribution in [0.25, 0.3) is 10.8 Å². The van der Waals surface area contributed by atoms with Crippen molar-refractivity contribution in [1.82, 2.24) is 4.68 Å². The van der Waals surface area contributed by atoms with Gasteiger partial charge in [-0.15, -0.1) is 0 Å². The topological polar surface area (TPSA) is 62.5 Å². The molecule has 0 saturated heterocycles. The van der Waals surface area contributed by atoms with Crippen LogP contribution >= 0.6 is 0 Å². The van der Waals surface area contributed by atoms with Crippen LogP contribution in [0.2, 0.25) is 0 Å². The first-order chi connectivity index (χ1) is 9.52. The lowest BCUT2D eigenvalue weighted by molar-refractivity contribution is 0.0697. The molecule has 5 nitrogen and oxygen atoms in total. The maximum atomic E-state index is 12.6. The average Bonchev–Trinajstić information content (AvgIpc) is 3.22. The lowest BCUT2D eigenvalue weighted by Crippen LogP contribution is -2.43. The van der Waals surface area contributed by atoms with Gasteiger partial charge < -0.3 is 10.1 Å². The van der Waals surface area contributed by atoms with E-state index in [1.807, 2.05) is 12.1 Å². The highest BCUT2D eigenvalue weighted by Crippen LogP contribution is 2.26. The molecule has 1 aliphatic carbocycles. The van der Waals surface area contributed by atoms with Crippen LogP contribution in [0.15, 0.2) is 29.1 Å². The normalized spacial score (nSPS) is 14.5. The van der Waals surface area contributed by atoms with Gasteiger partial charge in [0.15, 0.2) is 0 Å². The monoisotopic (exact) mass is 272 g/mol. The van der Waals surface area contributed by atoms with Crippen LogP contribution in [-0.2, 0) is 0 Å². The predicted molar refractivity (Wildman–Crippen MR) is 77.1 cm³/mol. The SMILES string of the molecule is Cc1c(C(=O)O)c2ccccc2c(=O)n1N(C)C1CC1. The minimum Gasteiger partial charge on any atom is -0.478 e. The molecule has 2 aromatic rings. The van der Waals surface area contributed by atoms with Crippen LogP contribution in [0.4, 0.5) is 0 Å². The summed E-state index contributed by atoms with van der Waals surface area (Å²) in [6, 6.07) is 7.21. The summed E-state index contributed by atoms with van der Waals surface area (Å²) in [5, 5.41) is 12.3. The highest BCUT2D eigenvalue weighted by atomic mass is 16.4.